The summed E-state index contributed by atoms with van der Waals surface area (Å²) in [6, 6.07) is 8.78. The molecule has 1 saturated heterocycles. The van der Waals surface area contributed by atoms with E-state index < -0.39 is 12.8 Å². The number of hydrogen-bond acceptors (Lipinski definition) is 3. The highest BCUT2D eigenvalue weighted by Crippen LogP contribution is 2.49. The zero-order valence-electron chi connectivity index (χ0n) is 14.4. The number of aryl methyl sites for hydroxylation is 1. The van der Waals surface area contributed by atoms with Crippen molar-refractivity contribution in [3.63, 3.8) is 0 Å². The summed E-state index contributed by atoms with van der Waals surface area (Å²) >= 11 is 0. The van der Waals surface area contributed by atoms with Crippen LogP contribution in [0.3, 0.4) is 0 Å². The van der Waals surface area contributed by atoms with Gasteiger partial charge in [-0.15, -0.1) is 0 Å². The van der Waals surface area contributed by atoms with Crippen molar-refractivity contribution in [1.29, 1.82) is 0 Å². The Morgan fingerprint density at radius 1 is 1.33 bits per heavy atom. The minimum absolute atomic E-state index is 0.155. The summed E-state index contributed by atoms with van der Waals surface area (Å²) in [4.78, 5) is 14.0. The van der Waals surface area contributed by atoms with Crippen LogP contribution in [0.5, 0.6) is 0 Å². The number of amides is 1. The second kappa shape index (κ2) is 7.51. The lowest BCUT2D eigenvalue weighted by molar-refractivity contribution is 0.00311. The van der Waals surface area contributed by atoms with Crippen molar-refractivity contribution in [2.24, 2.45) is 5.41 Å². The molecule has 1 aromatic carbocycles. The Kier molecular flexibility index (Phi) is 5.39. The van der Waals surface area contributed by atoms with Gasteiger partial charge in [-0.3, -0.25) is 4.90 Å². The number of carbonyl (C=O) groups excluding carboxylic acids is 1. The van der Waals surface area contributed by atoms with Crippen LogP contribution in [0.1, 0.15) is 36.8 Å². The van der Waals surface area contributed by atoms with Crippen molar-refractivity contribution >= 4 is 6.09 Å². The van der Waals surface area contributed by atoms with Gasteiger partial charge in [-0.05, 0) is 62.2 Å². The molecule has 1 spiro atoms. The van der Waals surface area contributed by atoms with Gasteiger partial charge in [-0.2, -0.15) is 0 Å². The molecule has 0 aromatic heterocycles. The summed E-state index contributed by atoms with van der Waals surface area (Å²) in [6.45, 7) is 4.65. The summed E-state index contributed by atoms with van der Waals surface area (Å²) < 4.78 is 16.7. The minimum atomic E-state index is -0.626. The Balaban J connectivity index is 1.40. The molecule has 132 valence electrons. The van der Waals surface area contributed by atoms with Crippen molar-refractivity contribution in [1.82, 2.24) is 10.2 Å². The second-order valence-corrected chi connectivity index (χ2v) is 7.28. The first-order valence-corrected chi connectivity index (χ1v) is 8.86. The fraction of sp³-hybridized carbons (Fsp3) is 0.632. The molecule has 0 bridgehead atoms. The predicted molar refractivity (Wildman–Crippen MR) is 91.6 cm³/mol. The molecule has 1 amide bonds. The molecule has 3 rings (SSSR count). The molecule has 1 heterocycles. The largest absolute Gasteiger partial charge is 0.447 e. The van der Waals surface area contributed by atoms with E-state index in [1.165, 1.54) is 24.0 Å². The highest BCUT2D eigenvalue weighted by Gasteiger charge is 2.46. The molecule has 0 unspecified atom stereocenters. The molecule has 1 N–H and O–H groups in total. The third-order valence-electron chi connectivity index (χ3n) is 5.56. The molecular formula is C19H27FN2O2. The summed E-state index contributed by atoms with van der Waals surface area (Å²) in [5.41, 5.74) is 3.16. The topological polar surface area (TPSA) is 41.6 Å². The van der Waals surface area contributed by atoms with Gasteiger partial charge in [-0.1, -0.05) is 24.3 Å². The zero-order valence-corrected chi connectivity index (χ0v) is 14.4. The smallest absolute Gasteiger partial charge is 0.407 e. The van der Waals surface area contributed by atoms with E-state index >= 15 is 0 Å². The van der Waals surface area contributed by atoms with E-state index in [-0.39, 0.29) is 12.6 Å². The maximum atomic E-state index is 12.0. The lowest BCUT2D eigenvalue weighted by atomic mass is 9.60. The van der Waals surface area contributed by atoms with Crippen molar-refractivity contribution < 1.29 is 13.9 Å². The maximum absolute atomic E-state index is 12.0. The normalized spacial score (nSPS) is 20.6. The number of nitrogens with zero attached hydrogens (tertiary/aromatic N) is 1. The first-order valence-electron chi connectivity index (χ1n) is 8.86. The number of rotatable bonds is 5. The van der Waals surface area contributed by atoms with Crippen LogP contribution in [0.25, 0.3) is 0 Å². The molecule has 1 aliphatic heterocycles. The number of likely N-dealkylation sites (tertiary alicyclic amines) is 1. The third kappa shape index (κ3) is 4.07. The molecule has 2 aliphatic rings. The van der Waals surface area contributed by atoms with Gasteiger partial charge in [0.25, 0.3) is 0 Å². The number of piperidine rings is 1. The summed E-state index contributed by atoms with van der Waals surface area (Å²) in [5.74, 6) is 0. The van der Waals surface area contributed by atoms with E-state index in [2.05, 4.69) is 41.4 Å². The third-order valence-corrected chi connectivity index (χ3v) is 5.56. The van der Waals surface area contributed by atoms with Gasteiger partial charge in [0.05, 0.1) is 0 Å². The summed E-state index contributed by atoms with van der Waals surface area (Å²) in [6.07, 6.45) is 3.95. The molecule has 1 aromatic rings. The van der Waals surface area contributed by atoms with Crippen molar-refractivity contribution in [2.75, 3.05) is 26.4 Å². The van der Waals surface area contributed by atoms with Crippen LogP contribution < -0.4 is 5.32 Å². The molecule has 5 heteroatoms. The van der Waals surface area contributed by atoms with Gasteiger partial charge in [-0.25, -0.2) is 9.18 Å². The number of halogens is 1. The molecular weight excluding hydrogens is 307 g/mol. The van der Waals surface area contributed by atoms with Crippen molar-refractivity contribution in [3.8, 4) is 0 Å². The van der Waals surface area contributed by atoms with Crippen LogP contribution >= 0.6 is 0 Å². The molecule has 0 atom stereocenters. The van der Waals surface area contributed by atoms with E-state index in [4.69, 9.17) is 4.74 Å². The van der Waals surface area contributed by atoms with E-state index in [1.807, 2.05) is 0 Å². The fourth-order valence-electron chi connectivity index (χ4n) is 4.05. The summed E-state index contributed by atoms with van der Waals surface area (Å²) in [5, 5.41) is 2.84. The number of benzene rings is 1. The van der Waals surface area contributed by atoms with Gasteiger partial charge >= 0.3 is 6.09 Å². The Bertz CT molecular complexity index is 562. The monoisotopic (exact) mass is 334 g/mol. The lowest BCUT2D eigenvalue weighted by Gasteiger charge is -2.52. The van der Waals surface area contributed by atoms with Crippen LogP contribution in [-0.4, -0.2) is 43.4 Å². The zero-order chi connectivity index (χ0) is 17.0. The highest BCUT2D eigenvalue weighted by atomic mass is 19.1. The lowest BCUT2D eigenvalue weighted by Crippen LogP contribution is -2.54. The van der Waals surface area contributed by atoms with Crippen LogP contribution in [0, 0.1) is 12.3 Å². The number of alkyl halides is 1. The fourth-order valence-corrected chi connectivity index (χ4v) is 4.05. The Morgan fingerprint density at radius 2 is 2.04 bits per heavy atom. The quantitative estimate of drug-likeness (QED) is 0.897. The maximum Gasteiger partial charge on any atom is 0.407 e. The van der Waals surface area contributed by atoms with E-state index in [9.17, 15) is 9.18 Å². The van der Waals surface area contributed by atoms with Crippen LogP contribution in [0.4, 0.5) is 9.18 Å². The van der Waals surface area contributed by atoms with E-state index in [1.54, 1.807) is 0 Å². The number of carbonyl (C=O) groups is 1. The molecule has 2 fully saturated rings. The molecule has 1 saturated carbocycles. The van der Waals surface area contributed by atoms with E-state index in [0.717, 1.165) is 32.5 Å². The molecule has 1 aliphatic carbocycles. The van der Waals surface area contributed by atoms with Gasteiger partial charge in [0, 0.05) is 12.6 Å². The number of hydrogen-bond donors (Lipinski definition) is 1. The van der Waals surface area contributed by atoms with Crippen LogP contribution in [-0.2, 0) is 11.3 Å². The first-order chi connectivity index (χ1) is 11.6. The Morgan fingerprint density at radius 3 is 2.71 bits per heavy atom. The van der Waals surface area contributed by atoms with Crippen molar-refractivity contribution in [2.45, 2.75) is 45.2 Å². The van der Waals surface area contributed by atoms with Crippen LogP contribution in [0.15, 0.2) is 24.3 Å². The molecule has 4 nitrogen and oxygen atoms in total. The average molecular weight is 334 g/mol. The van der Waals surface area contributed by atoms with Crippen LogP contribution in [0.2, 0.25) is 0 Å². The Hall–Kier alpha value is -1.62. The standard InChI is InChI=1S/C19H27FN2O2/c1-15-4-2-3-5-16(15)14-22-9-6-19(7-10-22)12-17(13-19)21-18(23)24-11-8-20/h2-5,17H,6-14H2,1H3,(H,21,23). The average Bonchev–Trinajstić information content (AvgIpc) is 2.55. The van der Waals surface area contributed by atoms with Gasteiger partial charge in [0.15, 0.2) is 0 Å². The minimum Gasteiger partial charge on any atom is -0.447 e. The van der Waals surface area contributed by atoms with Crippen molar-refractivity contribution in [3.05, 3.63) is 35.4 Å². The number of ether oxygens (including phenoxy) is 1. The molecule has 24 heavy (non-hydrogen) atoms. The Labute approximate surface area is 143 Å². The van der Waals surface area contributed by atoms with Gasteiger partial charge < -0.3 is 10.1 Å². The SMILES string of the molecule is Cc1ccccc1CN1CCC2(CC1)CC(NC(=O)OCCF)C2. The number of nitrogens with one attached hydrogen (secondary N) is 1. The van der Waals surface area contributed by atoms with Gasteiger partial charge in [0.1, 0.15) is 13.3 Å². The van der Waals surface area contributed by atoms with Gasteiger partial charge in [0.2, 0.25) is 0 Å². The van der Waals surface area contributed by atoms with E-state index in [0.29, 0.717) is 5.41 Å². The summed E-state index contributed by atoms with van der Waals surface area (Å²) in [7, 11) is 0. The molecule has 0 radical (unpaired) electrons. The second-order valence-electron chi connectivity index (χ2n) is 7.28. The first kappa shape index (κ1) is 17.2. The predicted octanol–water partition coefficient (Wildman–Crippen LogP) is 3.44. The highest BCUT2D eigenvalue weighted by molar-refractivity contribution is 5.67. The number of alkyl carbamates (subject to hydrolysis) is 1.